The molecular weight excluding hydrogens is 397 g/mol. The van der Waals surface area contributed by atoms with Crippen LogP contribution in [0.15, 0.2) is 54.7 Å². The SMILES string of the molecule is CNC(=O)c1ccc(Cc2cc3c(cc2OC)CCN(c2ncccc2F)C3=O)cc1. The lowest BCUT2D eigenvalue weighted by atomic mass is 9.93. The minimum atomic E-state index is -0.524. The lowest BCUT2D eigenvalue weighted by Gasteiger charge is -2.29. The molecule has 7 heteroatoms. The molecule has 0 unspecified atom stereocenters. The molecule has 31 heavy (non-hydrogen) atoms. The van der Waals surface area contributed by atoms with Crippen molar-refractivity contribution >= 4 is 17.6 Å². The molecule has 1 aromatic heterocycles. The van der Waals surface area contributed by atoms with Crippen LogP contribution < -0.4 is 15.0 Å². The average molecular weight is 419 g/mol. The Hall–Kier alpha value is -3.74. The third-order valence-electron chi connectivity index (χ3n) is 5.42. The molecule has 6 nitrogen and oxygen atoms in total. The van der Waals surface area contributed by atoms with E-state index in [4.69, 9.17) is 4.74 Å². The molecule has 158 valence electrons. The van der Waals surface area contributed by atoms with E-state index >= 15 is 0 Å². The van der Waals surface area contributed by atoms with Crippen molar-refractivity contribution in [1.29, 1.82) is 0 Å². The maximum Gasteiger partial charge on any atom is 0.259 e. The molecule has 2 heterocycles. The number of pyridine rings is 1. The molecule has 4 rings (SSSR count). The minimum absolute atomic E-state index is 0.0420. The van der Waals surface area contributed by atoms with Gasteiger partial charge in [0.2, 0.25) is 0 Å². The summed E-state index contributed by atoms with van der Waals surface area (Å²) >= 11 is 0. The summed E-state index contributed by atoms with van der Waals surface area (Å²) in [7, 11) is 3.19. The van der Waals surface area contributed by atoms with E-state index in [1.165, 1.54) is 23.2 Å². The van der Waals surface area contributed by atoms with Gasteiger partial charge < -0.3 is 10.1 Å². The Morgan fingerprint density at radius 3 is 2.68 bits per heavy atom. The first-order chi connectivity index (χ1) is 15.0. The Morgan fingerprint density at radius 1 is 1.23 bits per heavy atom. The van der Waals surface area contributed by atoms with Crippen molar-refractivity contribution in [2.45, 2.75) is 12.8 Å². The van der Waals surface area contributed by atoms with Gasteiger partial charge in [0.15, 0.2) is 11.6 Å². The number of rotatable bonds is 5. The first kappa shape index (κ1) is 20.5. The maximum atomic E-state index is 14.2. The van der Waals surface area contributed by atoms with Crippen LogP contribution in [0.4, 0.5) is 10.2 Å². The van der Waals surface area contributed by atoms with Crippen LogP contribution in [0, 0.1) is 5.82 Å². The van der Waals surface area contributed by atoms with Crippen LogP contribution in [0.5, 0.6) is 5.75 Å². The number of hydrogen-bond donors (Lipinski definition) is 1. The van der Waals surface area contributed by atoms with Gasteiger partial charge in [-0.2, -0.15) is 0 Å². The Bertz CT molecular complexity index is 1150. The number of aromatic nitrogens is 1. The highest BCUT2D eigenvalue weighted by Gasteiger charge is 2.29. The second-order valence-corrected chi connectivity index (χ2v) is 7.29. The zero-order valence-corrected chi connectivity index (χ0v) is 17.3. The van der Waals surface area contributed by atoms with Gasteiger partial charge >= 0.3 is 0 Å². The minimum Gasteiger partial charge on any atom is -0.496 e. The van der Waals surface area contributed by atoms with Crippen molar-refractivity contribution in [3.63, 3.8) is 0 Å². The smallest absolute Gasteiger partial charge is 0.259 e. The van der Waals surface area contributed by atoms with E-state index in [0.29, 0.717) is 36.3 Å². The van der Waals surface area contributed by atoms with Crippen molar-refractivity contribution in [1.82, 2.24) is 10.3 Å². The first-order valence-electron chi connectivity index (χ1n) is 9.95. The summed E-state index contributed by atoms with van der Waals surface area (Å²) in [5.74, 6) is -0.216. The molecule has 0 atom stereocenters. The summed E-state index contributed by atoms with van der Waals surface area (Å²) in [6, 6.07) is 13.8. The molecule has 0 saturated heterocycles. The zero-order chi connectivity index (χ0) is 22.0. The quantitative estimate of drug-likeness (QED) is 0.688. The highest BCUT2D eigenvalue weighted by molar-refractivity contribution is 6.08. The van der Waals surface area contributed by atoms with Crippen LogP contribution >= 0.6 is 0 Å². The third kappa shape index (κ3) is 3.99. The number of carbonyl (C=O) groups is 2. The fourth-order valence-electron chi connectivity index (χ4n) is 3.80. The summed E-state index contributed by atoms with van der Waals surface area (Å²) < 4.78 is 19.8. The second kappa shape index (κ2) is 8.55. The molecule has 0 saturated carbocycles. The number of nitrogens with zero attached hydrogens (tertiary/aromatic N) is 2. The van der Waals surface area contributed by atoms with Gasteiger partial charge in [-0.3, -0.25) is 14.5 Å². The number of nitrogens with one attached hydrogen (secondary N) is 1. The zero-order valence-electron chi connectivity index (χ0n) is 17.3. The first-order valence-corrected chi connectivity index (χ1v) is 9.95. The van der Waals surface area contributed by atoms with Crippen molar-refractivity contribution in [3.05, 3.63) is 88.4 Å². The molecule has 0 fully saturated rings. The molecule has 1 N–H and O–H groups in total. The number of halogens is 1. The van der Waals surface area contributed by atoms with Crippen LogP contribution in [-0.2, 0) is 12.8 Å². The topological polar surface area (TPSA) is 71.5 Å². The van der Waals surface area contributed by atoms with Crippen LogP contribution in [0.1, 0.15) is 37.4 Å². The predicted molar refractivity (Wildman–Crippen MR) is 115 cm³/mol. The van der Waals surface area contributed by atoms with E-state index < -0.39 is 5.82 Å². The van der Waals surface area contributed by atoms with E-state index in [2.05, 4.69) is 10.3 Å². The fourth-order valence-corrected chi connectivity index (χ4v) is 3.80. The molecule has 1 aliphatic heterocycles. The summed E-state index contributed by atoms with van der Waals surface area (Å²) in [6.45, 7) is 0.350. The van der Waals surface area contributed by atoms with Gasteiger partial charge in [-0.05, 0) is 59.5 Å². The summed E-state index contributed by atoms with van der Waals surface area (Å²) in [5.41, 5.74) is 3.78. The average Bonchev–Trinajstić information content (AvgIpc) is 2.80. The van der Waals surface area contributed by atoms with Crippen LogP contribution in [0.2, 0.25) is 0 Å². The number of benzene rings is 2. The fraction of sp³-hybridized carbons (Fsp3) is 0.208. The lowest BCUT2D eigenvalue weighted by molar-refractivity contribution is 0.0959. The van der Waals surface area contributed by atoms with Crippen molar-refractivity contribution in [2.75, 3.05) is 25.6 Å². The molecule has 0 spiro atoms. The van der Waals surface area contributed by atoms with Gasteiger partial charge in [-0.25, -0.2) is 9.37 Å². The number of carbonyl (C=O) groups excluding carboxylic acids is 2. The van der Waals surface area contributed by atoms with Gasteiger partial charge in [0, 0.05) is 37.3 Å². The number of hydrogen-bond acceptors (Lipinski definition) is 4. The lowest BCUT2D eigenvalue weighted by Crippen LogP contribution is -2.38. The number of anilines is 1. The van der Waals surface area contributed by atoms with Crippen LogP contribution in [0.3, 0.4) is 0 Å². The summed E-state index contributed by atoms with van der Waals surface area (Å²) in [5, 5.41) is 2.60. The highest BCUT2D eigenvalue weighted by atomic mass is 19.1. The number of ether oxygens (including phenoxy) is 1. The summed E-state index contributed by atoms with van der Waals surface area (Å²) in [4.78, 5) is 30.3. The predicted octanol–water partition coefficient (Wildman–Crippen LogP) is 3.38. The van der Waals surface area contributed by atoms with Gasteiger partial charge in [-0.1, -0.05) is 12.1 Å². The number of amides is 2. The van der Waals surface area contributed by atoms with Crippen LogP contribution in [-0.4, -0.2) is 37.5 Å². The van der Waals surface area contributed by atoms with E-state index in [-0.39, 0.29) is 17.6 Å². The molecule has 0 aliphatic carbocycles. The normalized spacial score (nSPS) is 13.0. The standard InChI is InChI=1S/C24H22FN3O3/c1-26-23(29)16-7-5-15(6-8-16)12-18-13-19-17(14-21(18)31-2)9-11-28(24(19)30)22-20(25)4-3-10-27-22/h3-8,10,13-14H,9,11-12H2,1-2H3,(H,26,29). The molecular formula is C24H22FN3O3. The third-order valence-corrected chi connectivity index (χ3v) is 5.42. The highest BCUT2D eigenvalue weighted by Crippen LogP contribution is 2.31. The molecule has 3 aromatic rings. The van der Waals surface area contributed by atoms with Gasteiger partial charge in [0.25, 0.3) is 11.8 Å². The molecule has 0 bridgehead atoms. The van der Waals surface area contributed by atoms with E-state index in [1.54, 1.807) is 26.3 Å². The van der Waals surface area contributed by atoms with Crippen LogP contribution in [0.25, 0.3) is 0 Å². The van der Waals surface area contributed by atoms with Gasteiger partial charge in [-0.15, -0.1) is 0 Å². The van der Waals surface area contributed by atoms with Gasteiger partial charge in [0.05, 0.1) is 7.11 Å². The van der Waals surface area contributed by atoms with E-state index in [1.807, 2.05) is 24.3 Å². The molecule has 2 amide bonds. The Kier molecular flexibility index (Phi) is 5.66. The molecule has 0 radical (unpaired) electrons. The summed E-state index contributed by atoms with van der Waals surface area (Å²) in [6.07, 6.45) is 2.58. The van der Waals surface area contributed by atoms with E-state index in [9.17, 15) is 14.0 Å². The largest absolute Gasteiger partial charge is 0.496 e. The van der Waals surface area contributed by atoms with Crippen molar-refractivity contribution in [2.24, 2.45) is 0 Å². The Labute approximate surface area is 179 Å². The Morgan fingerprint density at radius 2 is 2.00 bits per heavy atom. The number of fused-ring (bicyclic) bond motifs is 1. The maximum absolute atomic E-state index is 14.2. The monoisotopic (exact) mass is 419 g/mol. The Balaban J connectivity index is 1.66. The molecule has 2 aromatic carbocycles. The van der Waals surface area contributed by atoms with Crippen molar-refractivity contribution < 1.29 is 18.7 Å². The molecule has 1 aliphatic rings. The van der Waals surface area contributed by atoms with E-state index in [0.717, 1.165) is 16.7 Å². The number of methoxy groups -OCH3 is 1. The van der Waals surface area contributed by atoms with Gasteiger partial charge in [0.1, 0.15) is 5.75 Å². The van der Waals surface area contributed by atoms with Crippen molar-refractivity contribution in [3.8, 4) is 5.75 Å². The second-order valence-electron chi connectivity index (χ2n) is 7.29.